The number of nitrogens with zero attached hydrogens (tertiary/aromatic N) is 1. The molecule has 0 unspecified atom stereocenters. The number of rotatable bonds is 5. The van der Waals surface area contributed by atoms with Gasteiger partial charge in [-0.2, -0.15) is 0 Å². The van der Waals surface area contributed by atoms with Gasteiger partial charge in [0.15, 0.2) is 6.39 Å². The van der Waals surface area contributed by atoms with Crippen molar-refractivity contribution in [3.63, 3.8) is 0 Å². The van der Waals surface area contributed by atoms with Gasteiger partial charge in [-0.15, -0.1) is 0 Å². The van der Waals surface area contributed by atoms with Gasteiger partial charge in [-0.05, 0) is 5.92 Å². The second-order valence-corrected chi connectivity index (χ2v) is 5.47. The summed E-state index contributed by atoms with van der Waals surface area (Å²) in [5.74, 6) is 1.92. The lowest BCUT2D eigenvalue weighted by molar-refractivity contribution is 0.332. The molecule has 1 aromatic rings. The van der Waals surface area contributed by atoms with Crippen molar-refractivity contribution < 1.29 is 4.42 Å². The molecule has 1 saturated carbocycles. The van der Waals surface area contributed by atoms with Crippen LogP contribution in [0.25, 0.3) is 0 Å². The lowest BCUT2D eigenvalue weighted by Crippen LogP contribution is -2.23. The Kier molecular flexibility index (Phi) is 4.60. The highest BCUT2D eigenvalue weighted by atomic mass is 16.3. The smallest absolute Gasteiger partial charge is 0.181 e. The van der Waals surface area contributed by atoms with Crippen LogP contribution in [-0.4, -0.2) is 11.0 Å². The molecule has 17 heavy (non-hydrogen) atoms. The van der Waals surface area contributed by atoms with Crippen LogP contribution in [0.4, 0.5) is 0 Å². The average Bonchev–Trinajstić information content (AvgIpc) is 2.75. The third kappa shape index (κ3) is 3.84. The molecule has 1 aliphatic carbocycles. The first-order valence-electron chi connectivity index (χ1n) is 6.90. The van der Waals surface area contributed by atoms with Gasteiger partial charge < -0.3 is 9.73 Å². The van der Waals surface area contributed by atoms with E-state index in [4.69, 9.17) is 4.42 Å². The van der Waals surface area contributed by atoms with Crippen molar-refractivity contribution in [2.24, 2.45) is 5.92 Å². The van der Waals surface area contributed by atoms with Crippen LogP contribution in [0.2, 0.25) is 0 Å². The van der Waals surface area contributed by atoms with E-state index in [9.17, 15) is 0 Å². The van der Waals surface area contributed by atoms with E-state index >= 15 is 0 Å². The molecule has 2 rings (SSSR count). The van der Waals surface area contributed by atoms with Gasteiger partial charge in [0.05, 0.1) is 5.69 Å². The van der Waals surface area contributed by atoms with E-state index in [2.05, 4.69) is 24.1 Å². The molecule has 0 atom stereocenters. The summed E-state index contributed by atoms with van der Waals surface area (Å²) < 4.78 is 5.55. The zero-order chi connectivity index (χ0) is 12.1. The van der Waals surface area contributed by atoms with Crippen LogP contribution >= 0.6 is 0 Å². The van der Waals surface area contributed by atoms with E-state index in [1.807, 2.05) is 0 Å². The summed E-state index contributed by atoms with van der Waals surface area (Å²) in [4.78, 5) is 4.32. The van der Waals surface area contributed by atoms with E-state index in [0.29, 0.717) is 6.04 Å². The Morgan fingerprint density at radius 1 is 1.35 bits per heavy atom. The Morgan fingerprint density at radius 2 is 2.12 bits per heavy atom. The topological polar surface area (TPSA) is 38.1 Å². The maximum Gasteiger partial charge on any atom is 0.181 e. The number of nitrogens with one attached hydrogen (secondary N) is 1. The van der Waals surface area contributed by atoms with Crippen molar-refractivity contribution in [1.29, 1.82) is 0 Å². The molecule has 1 N–H and O–H groups in total. The van der Waals surface area contributed by atoms with Crippen molar-refractivity contribution in [3.8, 4) is 0 Å². The SMILES string of the molecule is CC(C)NCc1ncoc1CC1CCCCC1. The van der Waals surface area contributed by atoms with Gasteiger partial charge >= 0.3 is 0 Å². The molecule has 0 spiro atoms. The minimum atomic E-state index is 0.495. The van der Waals surface area contributed by atoms with E-state index in [-0.39, 0.29) is 0 Å². The molecule has 0 radical (unpaired) electrons. The van der Waals surface area contributed by atoms with Crippen LogP contribution in [0, 0.1) is 5.92 Å². The highest BCUT2D eigenvalue weighted by molar-refractivity contribution is 5.08. The molecular weight excluding hydrogens is 212 g/mol. The van der Waals surface area contributed by atoms with E-state index in [1.165, 1.54) is 32.1 Å². The normalized spacial score (nSPS) is 17.8. The standard InChI is InChI=1S/C14H24N2O/c1-11(2)15-9-13-14(17-10-16-13)8-12-6-4-3-5-7-12/h10-12,15H,3-9H2,1-2H3. The van der Waals surface area contributed by atoms with Crippen LogP contribution in [0.15, 0.2) is 10.8 Å². The second kappa shape index (κ2) is 6.20. The van der Waals surface area contributed by atoms with Crippen molar-refractivity contribution in [3.05, 3.63) is 17.8 Å². The van der Waals surface area contributed by atoms with Gasteiger partial charge in [-0.1, -0.05) is 46.0 Å². The zero-order valence-electron chi connectivity index (χ0n) is 11.0. The quantitative estimate of drug-likeness (QED) is 0.852. The molecule has 1 heterocycles. The van der Waals surface area contributed by atoms with Crippen molar-refractivity contribution in [1.82, 2.24) is 10.3 Å². The van der Waals surface area contributed by atoms with Crippen molar-refractivity contribution in [2.75, 3.05) is 0 Å². The number of hydrogen-bond donors (Lipinski definition) is 1. The first-order valence-corrected chi connectivity index (χ1v) is 6.90. The summed E-state index contributed by atoms with van der Waals surface area (Å²) in [6.07, 6.45) is 9.57. The molecule has 3 heteroatoms. The van der Waals surface area contributed by atoms with E-state index in [0.717, 1.165) is 30.3 Å². The van der Waals surface area contributed by atoms with Crippen LogP contribution in [0.1, 0.15) is 57.4 Å². The maximum absolute atomic E-state index is 5.55. The summed E-state index contributed by atoms with van der Waals surface area (Å²) in [7, 11) is 0. The molecule has 0 aliphatic heterocycles. The zero-order valence-corrected chi connectivity index (χ0v) is 11.0. The molecule has 0 saturated heterocycles. The Balaban J connectivity index is 1.88. The minimum absolute atomic E-state index is 0.495. The highest BCUT2D eigenvalue weighted by Gasteiger charge is 2.18. The maximum atomic E-state index is 5.55. The molecule has 0 amide bonds. The second-order valence-electron chi connectivity index (χ2n) is 5.47. The Bertz CT molecular complexity index is 327. The molecular formula is C14H24N2O. The molecule has 0 bridgehead atoms. The lowest BCUT2D eigenvalue weighted by Gasteiger charge is -2.20. The van der Waals surface area contributed by atoms with Crippen molar-refractivity contribution in [2.45, 2.75) is 65.0 Å². The molecule has 1 fully saturated rings. The fourth-order valence-corrected chi connectivity index (χ4v) is 2.56. The Labute approximate surface area is 104 Å². The Morgan fingerprint density at radius 3 is 2.82 bits per heavy atom. The summed E-state index contributed by atoms with van der Waals surface area (Å²) >= 11 is 0. The molecule has 0 aromatic carbocycles. The fraction of sp³-hybridized carbons (Fsp3) is 0.786. The van der Waals surface area contributed by atoms with Gasteiger partial charge in [0.1, 0.15) is 5.76 Å². The average molecular weight is 236 g/mol. The minimum Gasteiger partial charge on any atom is -0.448 e. The van der Waals surface area contributed by atoms with Gasteiger partial charge in [-0.25, -0.2) is 4.98 Å². The lowest BCUT2D eigenvalue weighted by atomic mass is 9.86. The first kappa shape index (κ1) is 12.6. The number of aromatic nitrogens is 1. The predicted molar refractivity (Wildman–Crippen MR) is 68.8 cm³/mol. The summed E-state index contributed by atoms with van der Waals surface area (Å²) in [6.45, 7) is 5.14. The van der Waals surface area contributed by atoms with Gasteiger partial charge in [-0.3, -0.25) is 0 Å². The largest absolute Gasteiger partial charge is 0.448 e. The van der Waals surface area contributed by atoms with Crippen LogP contribution < -0.4 is 5.32 Å². The van der Waals surface area contributed by atoms with Crippen LogP contribution in [0.5, 0.6) is 0 Å². The molecule has 3 nitrogen and oxygen atoms in total. The van der Waals surface area contributed by atoms with Gasteiger partial charge in [0.25, 0.3) is 0 Å². The van der Waals surface area contributed by atoms with Gasteiger partial charge in [0, 0.05) is 19.0 Å². The van der Waals surface area contributed by atoms with Crippen LogP contribution in [0.3, 0.4) is 0 Å². The Hall–Kier alpha value is -0.830. The molecule has 1 aliphatic rings. The molecule has 1 aromatic heterocycles. The molecule has 96 valence electrons. The third-order valence-electron chi connectivity index (χ3n) is 3.60. The van der Waals surface area contributed by atoms with Gasteiger partial charge in [0.2, 0.25) is 0 Å². The van der Waals surface area contributed by atoms with Crippen LogP contribution in [-0.2, 0) is 13.0 Å². The first-order chi connectivity index (χ1) is 8.25. The summed E-state index contributed by atoms with van der Waals surface area (Å²) in [5.41, 5.74) is 1.10. The van der Waals surface area contributed by atoms with E-state index in [1.54, 1.807) is 6.39 Å². The number of oxazole rings is 1. The predicted octanol–water partition coefficient (Wildman–Crippen LogP) is 3.30. The fourth-order valence-electron chi connectivity index (χ4n) is 2.56. The summed E-state index contributed by atoms with van der Waals surface area (Å²) in [5, 5.41) is 3.40. The summed E-state index contributed by atoms with van der Waals surface area (Å²) in [6, 6.07) is 0.495. The highest BCUT2D eigenvalue weighted by Crippen LogP contribution is 2.27. The van der Waals surface area contributed by atoms with E-state index < -0.39 is 0 Å². The van der Waals surface area contributed by atoms with Crippen molar-refractivity contribution >= 4 is 0 Å². The number of hydrogen-bond acceptors (Lipinski definition) is 3. The third-order valence-corrected chi connectivity index (χ3v) is 3.60. The monoisotopic (exact) mass is 236 g/mol.